The van der Waals surface area contributed by atoms with Gasteiger partial charge in [-0.25, -0.2) is 15.0 Å². The summed E-state index contributed by atoms with van der Waals surface area (Å²) in [6.07, 6.45) is 7.05. The van der Waals surface area contributed by atoms with E-state index in [0.717, 1.165) is 70.4 Å². The Kier molecular flexibility index (Phi) is 5.26. The van der Waals surface area contributed by atoms with Crippen molar-refractivity contribution in [2.75, 3.05) is 18.4 Å². The van der Waals surface area contributed by atoms with Gasteiger partial charge in [0.25, 0.3) is 0 Å². The Labute approximate surface area is 220 Å². The lowest BCUT2D eigenvalue weighted by molar-refractivity contribution is -0.122. The number of hydrogen-bond donors (Lipinski definition) is 1. The topological polar surface area (TPSA) is 88.8 Å². The van der Waals surface area contributed by atoms with Crippen molar-refractivity contribution in [2.24, 2.45) is 0 Å². The number of aromatic nitrogens is 5. The number of carbonyl (C=O) groups excluding carboxylic acids is 1. The molecular weight excluding hydrogens is 474 g/mol. The summed E-state index contributed by atoms with van der Waals surface area (Å²) >= 11 is 0. The highest BCUT2D eigenvalue weighted by molar-refractivity contribution is 6.06. The zero-order chi connectivity index (χ0) is 25.9. The van der Waals surface area contributed by atoms with Gasteiger partial charge in [0.1, 0.15) is 5.52 Å². The predicted molar refractivity (Wildman–Crippen MR) is 148 cm³/mol. The fourth-order valence-electron chi connectivity index (χ4n) is 6.00. The normalized spacial score (nSPS) is 17.0. The summed E-state index contributed by atoms with van der Waals surface area (Å²) in [5.41, 5.74) is 6.10. The quantitative estimate of drug-likeness (QED) is 0.380. The van der Waals surface area contributed by atoms with Crippen LogP contribution in [0.4, 0.5) is 5.69 Å². The second-order valence-corrected chi connectivity index (χ2v) is 10.7. The van der Waals surface area contributed by atoms with Gasteiger partial charge in [-0.15, -0.1) is 0 Å². The summed E-state index contributed by atoms with van der Waals surface area (Å²) in [4.78, 5) is 34.2. The fraction of sp³-hybridized carbons (Fsp3) is 0.300. The lowest BCUT2D eigenvalue weighted by Gasteiger charge is -2.39. The van der Waals surface area contributed by atoms with E-state index >= 15 is 0 Å². The molecule has 2 aliphatic rings. The van der Waals surface area contributed by atoms with E-state index < -0.39 is 5.41 Å². The van der Waals surface area contributed by atoms with Crippen LogP contribution in [0.3, 0.4) is 0 Å². The molecule has 1 N–H and O–H groups in total. The van der Waals surface area contributed by atoms with Gasteiger partial charge in [0.15, 0.2) is 11.5 Å². The maximum atomic E-state index is 13.2. The van der Waals surface area contributed by atoms with Crippen molar-refractivity contribution in [1.29, 1.82) is 0 Å². The third kappa shape index (κ3) is 3.67. The Morgan fingerprint density at radius 2 is 1.87 bits per heavy atom. The van der Waals surface area contributed by atoms with E-state index in [1.165, 1.54) is 0 Å². The molecule has 0 aliphatic carbocycles. The molecule has 3 aromatic heterocycles. The maximum absolute atomic E-state index is 13.2. The molecule has 2 aromatic carbocycles. The molecule has 1 saturated heterocycles. The number of imidazole rings is 1. The average molecular weight is 504 g/mol. The number of hydrogen-bond acceptors (Lipinski definition) is 6. The van der Waals surface area contributed by atoms with Gasteiger partial charge in [0.05, 0.1) is 30.0 Å². The second-order valence-electron chi connectivity index (χ2n) is 10.7. The molecule has 190 valence electrons. The van der Waals surface area contributed by atoms with Crippen LogP contribution >= 0.6 is 0 Å². The van der Waals surface area contributed by atoms with E-state index in [4.69, 9.17) is 4.98 Å². The largest absolute Gasteiger partial charge is 0.325 e. The van der Waals surface area contributed by atoms with E-state index in [9.17, 15) is 4.79 Å². The lowest BCUT2D eigenvalue weighted by Crippen LogP contribution is -2.48. The number of anilines is 1. The van der Waals surface area contributed by atoms with Gasteiger partial charge in [0, 0.05) is 28.9 Å². The van der Waals surface area contributed by atoms with Crippen LogP contribution in [0.5, 0.6) is 0 Å². The van der Waals surface area contributed by atoms with Crippen molar-refractivity contribution in [1.82, 2.24) is 29.4 Å². The van der Waals surface area contributed by atoms with Crippen LogP contribution in [-0.2, 0) is 16.8 Å². The number of carbonyl (C=O) groups is 1. The number of rotatable bonds is 4. The zero-order valence-corrected chi connectivity index (χ0v) is 21.6. The van der Waals surface area contributed by atoms with Crippen LogP contribution in [0.2, 0.25) is 0 Å². The summed E-state index contributed by atoms with van der Waals surface area (Å²) in [7, 11) is 0. The molecule has 0 radical (unpaired) electrons. The highest BCUT2D eigenvalue weighted by Gasteiger charge is 2.48. The molecule has 1 amide bonds. The first kappa shape index (κ1) is 23.0. The van der Waals surface area contributed by atoms with Crippen molar-refractivity contribution in [3.05, 3.63) is 78.4 Å². The summed E-state index contributed by atoms with van der Waals surface area (Å²) in [6.45, 7) is 6.92. The van der Waals surface area contributed by atoms with Gasteiger partial charge in [-0.05, 0) is 87.3 Å². The Balaban J connectivity index is 1.22. The molecule has 7 rings (SSSR count). The molecule has 8 heteroatoms. The van der Waals surface area contributed by atoms with Crippen molar-refractivity contribution < 1.29 is 4.79 Å². The standard InChI is InChI=1S/C30H29N7O/c1-19(2)36-12-9-30(10-13-36)23-15-22(6-8-25(23)34-29(30)38)27-32-16-26-28(35-27)37(18-33-26)17-20-5-7-24-21(14-20)4-3-11-31-24/h3-8,11,14-16,18-19H,9-10,12-13,17H2,1-2H3,(H,34,38). The summed E-state index contributed by atoms with van der Waals surface area (Å²) < 4.78 is 2.06. The van der Waals surface area contributed by atoms with E-state index in [0.29, 0.717) is 18.4 Å². The summed E-state index contributed by atoms with van der Waals surface area (Å²) in [6, 6.07) is 16.9. The fourth-order valence-corrected chi connectivity index (χ4v) is 6.00. The summed E-state index contributed by atoms with van der Waals surface area (Å²) in [5.74, 6) is 0.756. The molecule has 0 atom stereocenters. The number of likely N-dealkylation sites (tertiary alicyclic amines) is 1. The van der Waals surface area contributed by atoms with E-state index in [-0.39, 0.29) is 5.91 Å². The average Bonchev–Trinajstić information content (AvgIpc) is 3.46. The van der Waals surface area contributed by atoms with E-state index in [1.54, 1.807) is 6.20 Å². The first-order valence-corrected chi connectivity index (χ1v) is 13.2. The molecular formula is C30H29N7O. The van der Waals surface area contributed by atoms with Gasteiger partial charge >= 0.3 is 0 Å². The molecule has 0 bridgehead atoms. The molecule has 5 aromatic rings. The number of nitrogens with one attached hydrogen (secondary N) is 1. The monoisotopic (exact) mass is 503 g/mol. The highest BCUT2D eigenvalue weighted by Crippen LogP contribution is 2.46. The van der Waals surface area contributed by atoms with Gasteiger partial charge in [-0.3, -0.25) is 9.78 Å². The number of benzene rings is 2. The first-order valence-electron chi connectivity index (χ1n) is 13.2. The molecule has 0 unspecified atom stereocenters. The van der Waals surface area contributed by atoms with Gasteiger partial charge in [-0.1, -0.05) is 12.1 Å². The van der Waals surface area contributed by atoms with Gasteiger partial charge in [0.2, 0.25) is 5.91 Å². The Bertz CT molecular complexity index is 1700. The smallest absolute Gasteiger partial charge is 0.235 e. The van der Waals surface area contributed by atoms with Gasteiger partial charge in [-0.2, -0.15) is 0 Å². The Morgan fingerprint density at radius 3 is 2.71 bits per heavy atom. The zero-order valence-electron chi connectivity index (χ0n) is 21.6. The minimum Gasteiger partial charge on any atom is -0.325 e. The van der Waals surface area contributed by atoms with Crippen molar-refractivity contribution in [3.8, 4) is 11.4 Å². The molecule has 2 aliphatic heterocycles. The van der Waals surface area contributed by atoms with Crippen LogP contribution in [0.1, 0.15) is 37.8 Å². The molecule has 38 heavy (non-hydrogen) atoms. The van der Waals surface area contributed by atoms with E-state index in [2.05, 4.69) is 67.8 Å². The molecule has 0 saturated carbocycles. The van der Waals surface area contributed by atoms with Crippen molar-refractivity contribution in [2.45, 2.75) is 44.7 Å². The number of pyridine rings is 1. The van der Waals surface area contributed by atoms with E-state index in [1.807, 2.05) is 36.8 Å². The number of amides is 1. The highest BCUT2D eigenvalue weighted by atomic mass is 16.2. The Hall–Kier alpha value is -4.17. The number of piperidine rings is 1. The van der Waals surface area contributed by atoms with Gasteiger partial charge < -0.3 is 14.8 Å². The summed E-state index contributed by atoms with van der Waals surface area (Å²) in [5, 5.41) is 4.25. The lowest BCUT2D eigenvalue weighted by atomic mass is 9.73. The molecule has 1 spiro atoms. The van der Waals surface area contributed by atoms with Crippen LogP contribution in [0, 0.1) is 0 Å². The predicted octanol–water partition coefficient (Wildman–Crippen LogP) is 4.78. The van der Waals surface area contributed by atoms with Crippen molar-refractivity contribution >= 4 is 33.7 Å². The van der Waals surface area contributed by atoms with Crippen LogP contribution < -0.4 is 5.32 Å². The SMILES string of the molecule is CC(C)N1CCC2(CC1)C(=O)Nc1ccc(-c3ncc4ncn(Cc5ccc6ncccc6c5)c4n3)cc12. The molecule has 1 fully saturated rings. The van der Waals surface area contributed by atoms with Crippen LogP contribution in [-0.4, -0.2) is 54.4 Å². The second kappa shape index (κ2) is 8.70. The van der Waals surface area contributed by atoms with Crippen LogP contribution in [0.25, 0.3) is 33.5 Å². The van der Waals surface area contributed by atoms with Crippen LogP contribution in [0.15, 0.2) is 67.3 Å². The minimum absolute atomic E-state index is 0.119. The third-order valence-corrected chi connectivity index (χ3v) is 8.24. The Morgan fingerprint density at radius 1 is 1.00 bits per heavy atom. The third-order valence-electron chi connectivity index (χ3n) is 8.24. The molecule has 5 heterocycles. The first-order chi connectivity index (χ1) is 18.5. The number of nitrogens with zero attached hydrogens (tertiary/aromatic N) is 6. The minimum atomic E-state index is -0.479. The number of fused-ring (bicyclic) bond motifs is 4. The molecule has 8 nitrogen and oxygen atoms in total. The maximum Gasteiger partial charge on any atom is 0.235 e. The van der Waals surface area contributed by atoms with Crippen molar-refractivity contribution in [3.63, 3.8) is 0 Å².